The number of amides is 1. The zero-order valence-corrected chi connectivity index (χ0v) is 12.5. The Morgan fingerprint density at radius 1 is 1.05 bits per heavy atom. The molecule has 0 spiro atoms. The molecule has 6 nitrogen and oxygen atoms in total. The second-order valence-corrected chi connectivity index (χ2v) is 6.62. The van der Waals surface area contributed by atoms with E-state index in [1.807, 2.05) is 0 Å². The van der Waals surface area contributed by atoms with Gasteiger partial charge in [0.2, 0.25) is 5.91 Å². The molecule has 0 aliphatic heterocycles. The number of rotatable bonds is 5. The summed E-state index contributed by atoms with van der Waals surface area (Å²) in [6, 6.07) is 0. The summed E-state index contributed by atoms with van der Waals surface area (Å²) < 4.78 is 0. The van der Waals surface area contributed by atoms with E-state index in [4.69, 9.17) is 0 Å². The number of carbonyl (C=O) groups excluding carboxylic acids is 1. The van der Waals surface area contributed by atoms with Crippen LogP contribution in [-0.4, -0.2) is 33.5 Å². The summed E-state index contributed by atoms with van der Waals surface area (Å²) in [6.07, 6.45) is 9.66. The van der Waals surface area contributed by atoms with Crippen LogP contribution in [0.3, 0.4) is 0 Å². The van der Waals surface area contributed by atoms with Crippen LogP contribution in [0.4, 0.5) is 0 Å². The van der Waals surface area contributed by atoms with E-state index in [2.05, 4.69) is 15.3 Å². The smallest absolute Gasteiger partial charge is 0.309 e. The average Bonchev–Trinajstić information content (AvgIpc) is 2.57. The number of aromatic nitrogens is 2. The zero-order chi connectivity index (χ0) is 15.6. The maximum Gasteiger partial charge on any atom is 0.309 e. The highest BCUT2D eigenvalue weighted by molar-refractivity contribution is 5.84. The summed E-state index contributed by atoms with van der Waals surface area (Å²) in [4.78, 5) is 31.9. The molecule has 6 heteroatoms. The van der Waals surface area contributed by atoms with Crippen molar-refractivity contribution in [2.24, 2.45) is 10.8 Å². The molecule has 0 saturated heterocycles. The third-order valence-electron chi connectivity index (χ3n) is 5.49. The van der Waals surface area contributed by atoms with Gasteiger partial charge in [-0.3, -0.25) is 9.59 Å². The molecule has 0 radical (unpaired) electrons. The molecule has 118 valence electrons. The topological polar surface area (TPSA) is 92.2 Å². The van der Waals surface area contributed by atoms with Gasteiger partial charge >= 0.3 is 5.97 Å². The normalized spacial score (nSPS) is 30.0. The largest absolute Gasteiger partial charge is 0.481 e. The summed E-state index contributed by atoms with van der Waals surface area (Å²) in [7, 11) is 0. The van der Waals surface area contributed by atoms with E-state index in [1.54, 1.807) is 12.4 Å². The monoisotopic (exact) mass is 303 g/mol. The van der Waals surface area contributed by atoms with Crippen molar-refractivity contribution in [2.45, 2.75) is 44.9 Å². The number of carbonyl (C=O) groups is 2. The molecule has 3 saturated carbocycles. The number of hydrogen-bond donors (Lipinski definition) is 2. The van der Waals surface area contributed by atoms with E-state index < -0.39 is 11.4 Å². The highest BCUT2D eigenvalue weighted by atomic mass is 16.4. The average molecular weight is 303 g/mol. The fourth-order valence-electron chi connectivity index (χ4n) is 3.81. The first kappa shape index (κ1) is 14.9. The number of hydrogen-bond acceptors (Lipinski definition) is 4. The summed E-state index contributed by atoms with van der Waals surface area (Å²) >= 11 is 0. The van der Waals surface area contributed by atoms with Gasteiger partial charge in [0.1, 0.15) is 6.33 Å². The molecule has 0 aromatic carbocycles. The van der Waals surface area contributed by atoms with Gasteiger partial charge in [0.05, 0.1) is 5.41 Å². The Labute approximate surface area is 129 Å². The highest BCUT2D eigenvalue weighted by Gasteiger charge is 2.55. The van der Waals surface area contributed by atoms with Crippen LogP contribution in [0, 0.1) is 10.8 Å². The summed E-state index contributed by atoms with van der Waals surface area (Å²) in [5, 5.41) is 12.4. The molecule has 3 aliphatic carbocycles. The molecule has 1 heterocycles. The Balaban J connectivity index is 1.54. The number of aliphatic carboxylic acids is 1. The Bertz CT molecular complexity index is 549. The van der Waals surface area contributed by atoms with Crippen LogP contribution in [0.15, 0.2) is 18.7 Å². The lowest BCUT2D eigenvalue weighted by Crippen LogP contribution is -2.52. The second-order valence-electron chi connectivity index (χ2n) is 6.62. The van der Waals surface area contributed by atoms with Crippen molar-refractivity contribution in [3.63, 3.8) is 0 Å². The number of nitrogens with zero attached hydrogens (tertiary/aromatic N) is 2. The molecule has 0 unspecified atom stereocenters. The Kier molecular flexibility index (Phi) is 3.85. The standard InChI is InChI=1S/C16H21N3O3/c20-13(19-8-1-12-9-17-11-18-10-12)15-2-5-16(6-3-15,7-4-15)14(21)22/h9-11H,1-8H2,(H,19,20)(H,21,22). The molecule has 1 aromatic rings. The molecule has 0 atom stereocenters. The predicted octanol–water partition coefficient (Wildman–Crippen LogP) is 1.56. The molecule has 2 N–H and O–H groups in total. The second kappa shape index (κ2) is 5.66. The van der Waals surface area contributed by atoms with Crippen molar-refractivity contribution in [1.82, 2.24) is 15.3 Å². The Morgan fingerprint density at radius 2 is 1.59 bits per heavy atom. The predicted molar refractivity (Wildman–Crippen MR) is 78.9 cm³/mol. The van der Waals surface area contributed by atoms with Gasteiger partial charge in [-0.05, 0) is 50.5 Å². The van der Waals surface area contributed by atoms with Crippen LogP contribution in [0.2, 0.25) is 0 Å². The molecule has 3 aliphatic rings. The summed E-state index contributed by atoms with van der Waals surface area (Å²) in [6.45, 7) is 0.567. The van der Waals surface area contributed by atoms with Crippen LogP contribution in [0.1, 0.15) is 44.1 Å². The SMILES string of the molecule is O=C(O)C12CCC(C(=O)NCCc3cncnc3)(CC1)CC2. The number of carboxylic acids is 1. The van der Waals surface area contributed by atoms with Crippen LogP contribution in [-0.2, 0) is 16.0 Å². The number of carboxylic acid groups (broad SMARTS) is 1. The molecule has 3 fully saturated rings. The van der Waals surface area contributed by atoms with Crippen molar-refractivity contribution in [1.29, 1.82) is 0 Å². The van der Waals surface area contributed by atoms with E-state index in [1.165, 1.54) is 6.33 Å². The van der Waals surface area contributed by atoms with E-state index in [0.717, 1.165) is 5.56 Å². The van der Waals surface area contributed by atoms with Crippen LogP contribution in [0.25, 0.3) is 0 Å². The van der Waals surface area contributed by atoms with Crippen molar-refractivity contribution in [3.8, 4) is 0 Å². The van der Waals surface area contributed by atoms with Gasteiger partial charge in [0.15, 0.2) is 0 Å². The minimum Gasteiger partial charge on any atom is -0.481 e. The molecule has 1 aromatic heterocycles. The van der Waals surface area contributed by atoms with Gasteiger partial charge in [-0.2, -0.15) is 0 Å². The van der Waals surface area contributed by atoms with E-state index in [9.17, 15) is 14.7 Å². The van der Waals surface area contributed by atoms with Crippen molar-refractivity contribution in [2.75, 3.05) is 6.54 Å². The third-order valence-corrected chi connectivity index (χ3v) is 5.49. The first-order valence-corrected chi connectivity index (χ1v) is 7.82. The van der Waals surface area contributed by atoms with E-state index >= 15 is 0 Å². The van der Waals surface area contributed by atoms with Crippen molar-refractivity contribution >= 4 is 11.9 Å². The van der Waals surface area contributed by atoms with E-state index in [-0.39, 0.29) is 11.3 Å². The minimum atomic E-state index is -0.690. The van der Waals surface area contributed by atoms with Crippen LogP contribution < -0.4 is 5.32 Å². The molecular weight excluding hydrogens is 282 g/mol. The Hall–Kier alpha value is -1.98. The van der Waals surface area contributed by atoms with Gasteiger partial charge in [-0.25, -0.2) is 9.97 Å². The molecule has 4 rings (SSSR count). The maximum atomic E-state index is 12.6. The maximum absolute atomic E-state index is 12.6. The fraction of sp³-hybridized carbons (Fsp3) is 0.625. The molecular formula is C16H21N3O3. The van der Waals surface area contributed by atoms with Crippen molar-refractivity contribution < 1.29 is 14.7 Å². The van der Waals surface area contributed by atoms with Crippen LogP contribution in [0.5, 0.6) is 0 Å². The minimum absolute atomic E-state index is 0.0861. The van der Waals surface area contributed by atoms with Crippen LogP contribution >= 0.6 is 0 Å². The first-order valence-electron chi connectivity index (χ1n) is 7.82. The van der Waals surface area contributed by atoms with Gasteiger partial charge in [-0.15, -0.1) is 0 Å². The number of nitrogens with one attached hydrogen (secondary N) is 1. The lowest BCUT2D eigenvalue weighted by atomic mass is 9.53. The molecule has 2 bridgehead atoms. The fourth-order valence-corrected chi connectivity index (χ4v) is 3.81. The third kappa shape index (κ3) is 2.58. The Morgan fingerprint density at radius 3 is 2.14 bits per heavy atom. The summed E-state index contributed by atoms with van der Waals surface area (Å²) in [5.74, 6) is -0.603. The van der Waals surface area contributed by atoms with Crippen molar-refractivity contribution in [3.05, 3.63) is 24.3 Å². The first-order chi connectivity index (χ1) is 10.6. The lowest BCUT2D eigenvalue weighted by molar-refractivity contribution is -0.163. The zero-order valence-electron chi connectivity index (χ0n) is 12.5. The summed E-state index contributed by atoms with van der Waals surface area (Å²) in [5.41, 5.74) is 0.0887. The van der Waals surface area contributed by atoms with Gasteiger partial charge in [0, 0.05) is 24.4 Å². The highest BCUT2D eigenvalue weighted by Crippen LogP contribution is 2.57. The quantitative estimate of drug-likeness (QED) is 0.861. The molecule has 22 heavy (non-hydrogen) atoms. The lowest BCUT2D eigenvalue weighted by Gasteiger charge is -2.50. The van der Waals surface area contributed by atoms with Gasteiger partial charge in [0.25, 0.3) is 0 Å². The van der Waals surface area contributed by atoms with E-state index in [0.29, 0.717) is 51.5 Å². The van der Waals surface area contributed by atoms with Gasteiger partial charge in [-0.1, -0.05) is 0 Å². The van der Waals surface area contributed by atoms with Gasteiger partial charge < -0.3 is 10.4 Å². The molecule has 1 amide bonds. The number of fused-ring (bicyclic) bond motifs is 3.